The Labute approximate surface area is 191 Å². The van der Waals surface area contributed by atoms with Crippen LogP contribution in [-0.2, 0) is 6.54 Å². The molecule has 1 saturated heterocycles. The van der Waals surface area contributed by atoms with Crippen molar-refractivity contribution in [2.24, 2.45) is 4.99 Å². The quantitative estimate of drug-likeness (QED) is 0.376. The first-order valence-corrected chi connectivity index (χ1v) is 11.0. The topological polar surface area (TPSA) is 102 Å². The molecule has 3 heterocycles. The van der Waals surface area contributed by atoms with Crippen molar-refractivity contribution in [3.05, 3.63) is 89.2 Å². The largest absolute Gasteiger partial charge is 0.494 e. The average Bonchev–Trinajstić information content (AvgIpc) is 3.45. The number of aromatic nitrogens is 2. The van der Waals surface area contributed by atoms with Gasteiger partial charge in [0.1, 0.15) is 0 Å². The van der Waals surface area contributed by atoms with E-state index in [2.05, 4.69) is 27.0 Å². The first-order valence-electron chi connectivity index (χ1n) is 11.0. The minimum Gasteiger partial charge on any atom is -0.494 e. The fourth-order valence-corrected chi connectivity index (χ4v) is 4.32. The number of likely N-dealkylation sites (tertiary alicyclic amines) is 1. The number of rotatable bonds is 6. The van der Waals surface area contributed by atoms with Gasteiger partial charge in [-0.05, 0) is 74.0 Å². The minimum absolute atomic E-state index is 0.0687. The zero-order valence-electron chi connectivity index (χ0n) is 18.0. The number of nitrogens with one attached hydrogen (secondary N) is 1. The van der Waals surface area contributed by atoms with Gasteiger partial charge in [0.2, 0.25) is 0 Å². The molecule has 0 spiro atoms. The van der Waals surface area contributed by atoms with Crippen LogP contribution in [0.5, 0.6) is 5.88 Å². The monoisotopic (exact) mass is 440 g/mol. The molecule has 0 atom stereocenters. The molecular weight excluding hydrogens is 416 g/mol. The number of aromatic amines is 1. The number of carbonyl (C=O) groups is 1. The molecule has 0 bridgehead atoms. The summed E-state index contributed by atoms with van der Waals surface area (Å²) in [5.74, 6) is -1.10. The van der Waals surface area contributed by atoms with Gasteiger partial charge in [-0.25, -0.2) is 9.79 Å². The Morgan fingerprint density at radius 2 is 1.85 bits per heavy atom. The second-order valence-corrected chi connectivity index (χ2v) is 8.27. The molecule has 166 valence electrons. The molecule has 0 amide bonds. The first kappa shape index (κ1) is 20.9. The van der Waals surface area contributed by atoms with Gasteiger partial charge in [0.05, 0.1) is 22.5 Å². The number of fused-ring (bicyclic) bond motifs is 1. The third-order valence-corrected chi connectivity index (χ3v) is 5.98. The lowest BCUT2D eigenvalue weighted by molar-refractivity contribution is 0.0697. The van der Waals surface area contributed by atoms with Crippen molar-refractivity contribution in [1.82, 2.24) is 14.9 Å². The number of hydrogen-bond acceptors (Lipinski definition) is 5. The van der Waals surface area contributed by atoms with Gasteiger partial charge < -0.3 is 15.2 Å². The van der Waals surface area contributed by atoms with Crippen LogP contribution in [0.3, 0.4) is 0 Å². The van der Waals surface area contributed by atoms with Gasteiger partial charge in [0.15, 0.2) is 5.88 Å². The highest BCUT2D eigenvalue weighted by Gasteiger charge is 2.20. The maximum atomic E-state index is 11.5. The number of aromatic carboxylic acids is 1. The molecule has 0 radical (unpaired) electrons. The van der Waals surface area contributed by atoms with E-state index >= 15 is 0 Å². The van der Waals surface area contributed by atoms with Crippen LogP contribution in [0.2, 0.25) is 0 Å². The van der Waals surface area contributed by atoms with E-state index < -0.39 is 5.97 Å². The Morgan fingerprint density at radius 1 is 1.06 bits per heavy atom. The summed E-state index contributed by atoms with van der Waals surface area (Å²) in [7, 11) is 0. The van der Waals surface area contributed by atoms with Gasteiger partial charge in [-0.2, -0.15) is 0 Å². The molecule has 1 aliphatic rings. The molecule has 4 aromatic rings. The smallest absolute Gasteiger partial charge is 0.335 e. The number of aromatic hydroxyl groups is 1. The molecule has 3 N–H and O–H groups in total. The normalized spacial score (nSPS) is 14.7. The van der Waals surface area contributed by atoms with Crippen molar-refractivity contribution >= 4 is 28.3 Å². The van der Waals surface area contributed by atoms with Crippen LogP contribution in [0.15, 0.2) is 72.0 Å². The molecule has 0 saturated carbocycles. The standard InChI is InChI=1S/C26H24N4O3/c31-25-23(21-14-18(26(32)33)7-10-22(21)29-25)24(19-4-3-11-27-15-19)28-20-8-5-17(6-9-20)16-30-12-1-2-13-30/h3-11,14-15,29,31H,1-2,12-13,16H2,(H,32,33). The summed E-state index contributed by atoms with van der Waals surface area (Å²) in [5, 5.41) is 20.8. The van der Waals surface area contributed by atoms with Gasteiger partial charge in [-0.3, -0.25) is 9.88 Å². The molecule has 5 rings (SSSR count). The van der Waals surface area contributed by atoms with E-state index in [1.807, 2.05) is 18.2 Å². The summed E-state index contributed by atoms with van der Waals surface area (Å²) in [6.07, 6.45) is 5.87. The highest BCUT2D eigenvalue weighted by molar-refractivity contribution is 6.22. The van der Waals surface area contributed by atoms with Gasteiger partial charge in [0, 0.05) is 35.4 Å². The van der Waals surface area contributed by atoms with E-state index in [-0.39, 0.29) is 11.4 Å². The Kier molecular flexibility index (Phi) is 5.62. The molecule has 33 heavy (non-hydrogen) atoms. The fourth-order valence-electron chi connectivity index (χ4n) is 4.32. The van der Waals surface area contributed by atoms with Crippen molar-refractivity contribution in [1.29, 1.82) is 0 Å². The third-order valence-electron chi connectivity index (χ3n) is 5.98. The van der Waals surface area contributed by atoms with Crippen LogP contribution in [-0.4, -0.2) is 49.9 Å². The number of carboxylic acid groups (broad SMARTS) is 1. The van der Waals surface area contributed by atoms with Crippen LogP contribution in [0.4, 0.5) is 5.69 Å². The predicted molar refractivity (Wildman–Crippen MR) is 127 cm³/mol. The van der Waals surface area contributed by atoms with Crippen molar-refractivity contribution in [3.63, 3.8) is 0 Å². The van der Waals surface area contributed by atoms with E-state index in [0.717, 1.165) is 30.9 Å². The third kappa shape index (κ3) is 4.36. The zero-order chi connectivity index (χ0) is 22.8. The molecule has 2 aromatic carbocycles. The Balaban J connectivity index is 1.59. The van der Waals surface area contributed by atoms with Crippen LogP contribution in [0.1, 0.15) is 39.9 Å². The molecule has 0 unspecified atom stereocenters. The van der Waals surface area contributed by atoms with E-state index in [4.69, 9.17) is 4.99 Å². The van der Waals surface area contributed by atoms with E-state index in [9.17, 15) is 15.0 Å². The SMILES string of the molecule is O=C(O)c1ccc2[nH]c(O)c(C(=Nc3ccc(CN4CCCC4)cc3)c3cccnc3)c2c1. The minimum atomic E-state index is -1.03. The summed E-state index contributed by atoms with van der Waals surface area (Å²) in [4.78, 5) is 26.0. The predicted octanol–water partition coefficient (Wildman–Crippen LogP) is 4.73. The van der Waals surface area contributed by atoms with Crippen LogP contribution in [0, 0.1) is 0 Å². The molecule has 7 heteroatoms. The summed E-state index contributed by atoms with van der Waals surface area (Å²) in [6.45, 7) is 3.22. The second kappa shape index (κ2) is 8.88. The lowest BCUT2D eigenvalue weighted by Crippen LogP contribution is -2.18. The second-order valence-electron chi connectivity index (χ2n) is 8.27. The molecule has 0 aliphatic carbocycles. The molecular formula is C26H24N4O3. The Bertz CT molecular complexity index is 1320. The number of hydrogen-bond donors (Lipinski definition) is 3. The van der Waals surface area contributed by atoms with Crippen molar-refractivity contribution in [2.45, 2.75) is 19.4 Å². The van der Waals surface area contributed by atoms with Crippen molar-refractivity contribution in [3.8, 4) is 5.88 Å². The Hall–Kier alpha value is -3.97. The molecule has 1 fully saturated rings. The lowest BCUT2D eigenvalue weighted by Gasteiger charge is -2.14. The first-order chi connectivity index (χ1) is 16.1. The zero-order valence-corrected chi connectivity index (χ0v) is 18.0. The van der Waals surface area contributed by atoms with Crippen LogP contribution in [0.25, 0.3) is 10.9 Å². The number of carboxylic acids is 1. The highest BCUT2D eigenvalue weighted by atomic mass is 16.4. The number of pyridine rings is 1. The lowest BCUT2D eigenvalue weighted by atomic mass is 10.0. The molecule has 7 nitrogen and oxygen atoms in total. The number of nitrogens with zero attached hydrogens (tertiary/aromatic N) is 3. The van der Waals surface area contributed by atoms with Gasteiger partial charge in [-0.15, -0.1) is 0 Å². The summed E-state index contributed by atoms with van der Waals surface area (Å²) in [5.41, 5.74) is 4.42. The summed E-state index contributed by atoms with van der Waals surface area (Å²) < 4.78 is 0. The maximum Gasteiger partial charge on any atom is 0.335 e. The summed E-state index contributed by atoms with van der Waals surface area (Å²) in [6, 6.07) is 16.5. The molecule has 1 aliphatic heterocycles. The van der Waals surface area contributed by atoms with Crippen molar-refractivity contribution < 1.29 is 15.0 Å². The van der Waals surface area contributed by atoms with Crippen LogP contribution >= 0.6 is 0 Å². The number of aliphatic imine (C=N–C) groups is 1. The van der Waals surface area contributed by atoms with Crippen LogP contribution < -0.4 is 0 Å². The maximum absolute atomic E-state index is 11.5. The van der Waals surface area contributed by atoms with Gasteiger partial charge in [0.25, 0.3) is 0 Å². The summed E-state index contributed by atoms with van der Waals surface area (Å²) >= 11 is 0. The molecule has 2 aromatic heterocycles. The van der Waals surface area contributed by atoms with E-state index in [1.165, 1.54) is 24.5 Å². The number of benzene rings is 2. The van der Waals surface area contributed by atoms with E-state index in [1.54, 1.807) is 30.6 Å². The van der Waals surface area contributed by atoms with Gasteiger partial charge >= 0.3 is 5.97 Å². The van der Waals surface area contributed by atoms with E-state index in [0.29, 0.717) is 22.2 Å². The Morgan fingerprint density at radius 3 is 2.55 bits per heavy atom. The van der Waals surface area contributed by atoms with Crippen molar-refractivity contribution in [2.75, 3.05) is 13.1 Å². The highest BCUT2D eigenvalue weighted by Crippen LogP contribution is 2.32. The number of H-pyrrole nitrogens is 1. The average molecular weight is 441 g/mol. The van der Waals surface area contributed by atoms with Gasteiger partial charge in [-0.1, -0.05) is 12.1 Å². The fraction of sp³-hybridized carbons (Fsp3) is 0.192.